The summed E-state index contributed by atoms with van der Waals surface area (Å²) in [5.74, 6) is 0.477. The van der Waals surface area contributed by atoms with Crippen molar-refractivity contribution < 1.29 is 9.53 Å². The van der Waals surface area contributed by atoms with E-state index in [4.69, 9.17) is 16.3 Å². The molecule has 0 amide bonds. The molecule has 0 N–H and O–H groups in total. The van der Waals surface area contributed by atoms with E-state index in [9.17, 15) is 4.79 Å². The summed E-state index contributed by atoms with van der Waals surface area (Å²) in [6.45, 7) is 1.33. The maximum Gasteiger partial charge on any atom is 0.235 e. The zero-order valence-electron chi connectivity index (χ0n) is 4.97. The second-order valence-corrected chi connectivity index (χ2v) is 1.65. The molecule has 9 heavy (non-hydrogen) atoms. The van der Waals surface area contributed by atoms with Crippen molar-refractivity contribution in [2.24, 2.45) is 4.99 Å². The Hall–Kier alpha value is -0.370. The fourth-order valence-electron chi connectivity index (χ4n) is 0.312. The molecule has 0 spiro atoms. The number of rotatable bonds is 5. The SMILES string of the molecule is O=C=NCCOCCCl. The maximum absolute atomic E-state index is 9.46. The molecule has 0 saturated carbocycles. The Kier molecular flexibility index (Phi) is 7.32. The highest BCUT2D eigenvalue weighted by Crippen LogP contribution is 1.78. The van der Waals surface area contributed by atoms with Gasteiger partial charge in [-0.2, -0.15) is 0 Å². The van der Waals surface area contributed by atoms with Crippen molar-refractivity contribution in [3.8, 4) is 0 Å². The number of hydrogen-bond donors (Lipinski definition) is 0. The van der Waals surface area contributed by atoms with Crippen LogP contribution in [-0.2, 0) is 9.53 Å². The van der Waals surface area contributed by atoms with Gasteiger partial charge in [-0.15, -0.1) is 11.6 Å². The lowest BCUT2D eigenvalue weighted by Crippen LogP contribution is -2.00. The number of hydrogen-bond acceptors (Lipinski definition) is 3. The van der Waals surface area contributed by atoms with Gasteiger partial charge in [0.25, 0.3) is 0 Å². The highest BCUT2D eigenvalue weighted by molar-refractivity contribution is 6.17. The van der Waals surface area contributed by atoms with Gasteiger partial charge in [-0.05, 0) is 0 Å². The summed E-state index contributed by atoms with van der Waals surface area (Å²) in [5, 5.41) is 0. The second-order valence-electron chi connectivity index (χ2n) is 1.27. The third-order valence-corrected chi connectivity index (χ3v) is 0.788. The van der Waals surface area contributed by atoms with E-state index < -0.39 is 0 Å². The highest BCUT2D eigenvalue weighted by Gasteiger charge is 1.82. The Morgan fingerprint density at radius 3 is 2.89 bits per heavy atom. The normalized spacial score (nSPS) is 8.56. The van der Waals surface area contributed by atoms with Gasteiger partial charge in [0.2, 0.25) is 6.08 Å². The maximum atomic E-state index is 9.46. The van der Waals surface area contributed by atoms with E-state index in [1.54, 1.807) is 0 Å². The first-order chi connectivity index (χ1) is 4.41. The molecule has 4 heteroatoms. The fraction of sp³-hybridized carbons (Fsp3) is 0.800. The van der Waals surface area contributed by atoms with E-state index in [0.717, 1.165) is 0 Å². The summed E-state index contributed by atoms with van der Waals surface area (Å²) in [7, 11) is 0. The van der Waals surface area contributed by atoms with E-state index in [2.05, 4.69) is 4.99 Å². The van der Waals surface area contributed by atoms with Crippen LogP contribution in [0, 0.1) is 0 Å². The minimum atomic E-state index is 0.375. The lowest BCUT2D eigenvalue weighted by Gasteiger charge is -1.94. The Morgan fingerprint density at radius 2 is 2.33 bits per heavy atom. The summed E-state index contributed by atoms with van der Waals surface area (Å²) in [4.78, 5) is 12.7. The molecular formula is C5H8ClNO2. The summed E-state index contributed by atoms with van der Waals surface area (Å²) in [6, 6.07) is 0. The van der Waals surface area contributed by atoms with Gasteiger partial charge in [-0.1, -0.05) is 0 Å². The Morgan fingerprint density at radius 1 is 1.56 bits per heavy atom. The summed E-state index contributed by atoms with van der Waals surface area (Å²) >= 11 is 5.28. The van der Waals surface area contributed by atoms with Crippen LogP contribution in [0.3, 0.4) is 0 Å². The van der Waals surface area contributed by atoms with Gasteiger partial charge in [-0.25, -0.2) is 9.79 Å². The number of nitrogens with zero attached hydrogens (tertiary/aromatic N) is 1. The van der Waals surface area contributed by atoms with Gasteiger partial charge in [-0.3, -0.25) is 0 Å². The topological polar surface area (TPSA) is 38.7 Å². The smallest absolute Gasteiger partial charge is 0.235 e. The largest absolute Gasteiger partial charge is 0.378 e. The predicted molar refractivity (Wildman–Crippen MR) is 34.5 cm³/mol. The fourth-order valence-corrected chi connectivity index (χ4v) is 0.422. The van der Waals surface area contributed by atoms with Crippen molar-refractivity contribution in [3.05, 3.63) is 0 Å². The molecule has 0 aliphatic carbocycles. The average molecular weight is 150 g/mol. The van der Waals surface area contributed by atoms with E-state index in [0.29, 0.717) is 25.6 Å². The molecule has 3 nitrogen and oxygen atoms in total. The van der Waals surface area contributed by atoms with Crippen LogP contribution in [0.4, 0.5) is 0 Å². The number of halogens is 1. The van der Waals surface area contributed by atoms with Gasteiger partial charge in [0.15, 0.2) is 0 Å². The predicted octanol–water partition coefficient (Wildman–Crippen LogP) is 0.578. The lowest BCUT2D eigenvalue weighted by molar-refractivity contribution is 0.157. The number of alkyl halides is 1. The van der Waals surface area contributed by atoms with Crippen LogP contribution in [0.5, 0.6) is 0 Å². The third kappa shape index (κ3) is 7.63. The van der Waals surface area contributed by atoms with Crippen molar-refractivity contribution in [1.29, 1.82) is 0 Å². The number of carbonyl (C=O) groups excluding carboxylic acids is 1. The van der Waals surface area contributed by atoms with E-state index in [1.165, 1.54) is 6.08 Å². The first-order valence-corrected chi connectivity index (χ1v) is 3.12. The zero-order valence-corrected chi connectivity index (χ0v) is 5.73. The molecule has 0 rings (SSSR count). The van der Waals surface area contributed by atoms with E-state index >= 15 is 0 Å². The van der Waals surface area contributed by atoms with Crippen LogP contribution in [0.15, 0.2) is 4.99 Å². The van der Waals surface area contributed by atoms with Gasteiger partial charge < -0.3 is 4.74 Å². The number of aliphatic imine (C=N–C) groups is 1. The summed E-state index contributed by atoms with van der Waals surface area (Å²) in [5.41, 5.74) is 0. The molecule has 0 bridgehead atoms. The van der Waals surface area contributed by atoms with Gasteiger partial charge in [0.05, 0.1) is 19.8 Å². The Balaban J connectivity index is 2.82. The van der Waals surface area contributed by atoms with E-state index in [-0.39, 0.29) is 0 Å². The monoisotopic (exact) mass is 149 g/mol. The van der Waals surface area contributed by atoms with Crippen molar-refractivity contribution in [2.45, 2.75) is 0 Å². The number of ether oxygens (including phenoxy) is 1. The van der Waals surface area contributed by atoms with Crippen LogP contribution < -0.4 is 0 Å². The van der Waals surface area contributed by atoms with Crippen molar-refractivity contribution in [3.63, 3.8) is 0 Å². The quantitative estimate of drug-likeness (QED) is 0.248. The number of isocyanates is 1. The van der Waals surface area contributed by atoms with Crippen molar-refractivity contribution >= 4 is 17.7 Å². The molecule has 0 aromatic heterocycles. The molecule has 0 heterocycles. The minimum Gasteiger partial charge on any atom is -0.378 e. The van der Waals surface area contributed by atoms with Crippen molar-refractivity contribution in [1.82, 2.24) is 0 Å². The van der Waals surface area contributed by atoms with Crippen LogP contribution >= 0.6 is 11.6 Å². The van der Waals surface area contributed by atoms with Crippen LogP contribution in [0.1, 0.15) is 0 Å². The van der Waals surface area contributed by atoms with E-state index in [1.807, 2.05) is 0 Å². The zero-order chi connectivity index (χ0) is 6.95. The molecule has 0 aromatic rings. The molecule has 0 unspecified atom stereocenters. The molecule has 0 aromatic carbocycles. The standard InChI is InChI=1S/C5H8ClNO2/c6-1-3-9-4-2-7-5-8/h1-4H2. The average Bonchev–Trinajstić information content (AvgIpc) is 1.89. The first-order valence-electron chi connectivity index (χ1n) is 2.59. The van der Waals surface area contributed by atoms with Gasteiger partial charge >= 0.3 is 0 Å². The second kappa shape index (κ2) is 7.63. The van der Waals surface area contributed by atoms with Gasteiger partial charge in [0.1, 0.15) is 0 Å². The molecule has 0 aliphatic heterocycles. The minimum absolute atomic E-state index is 0.375. The Bertz CT molecular complexity index is 101. The molecule has 0 fully saturated rings. The molecule has 0 atom stereocenters. The molecule has 0 saturated heterocycles. The molecule has 0 aliphatic rings. The summed E-state index contributed by atoms with van der Waals surface area (Å²) in [6.07, 6.45) is 1.41. The molecule has 52 valence electrons. The highest BCUT2D eigenvalue weighted by atomic mass is 35.5. The summed E-state index contributed by atoms with van der Waals surface area (Å²) < 4.78 is 4.88. The third-order valence-electron chi connectivity index (χ3n) is 0.633. The van der Waals surface area contributed by atoms with Gasteiger partial charge in [0, 0.05) is 5.88 Å². The molecular weight excluding hydrogens is 142 g/mol. The van der Waals surface area contributed by atoms with Crippen LogP contribution in [-0.4, -0.2) is 31.7 Å². The Labute approximate surface area is 58.7 Å². The van der Waals surface area contributed by atoms with Crippen LogP contribution in [0.2, 0.25) is 0 Å². The van der Waals surface area contributed by atoms with Crippen LogP contribution in [0.25, 0.3) is 0 Å². The lowest BCUT2D eigenvalue weighted by atomic mass is 10.7. The molecule has 0 radical (unpaired) electrons. The van der Waals surface area contributed by atoms with Crippen molar-refractivity contribution in [2.75, 3.05) is 25.6 Å². The first kappa shape index (κ1) is 8.63.